The lowest BCUT2D eigenvalue weighted by Gasteiger charge is -2.08. The minimum absolute atomic E-state index is 0.0161. The second-order valence-electron chi connectivity index (χ2n) is 6.49. The van der Waals surface area contributed by atoms with Crippen LogP contribution in [0, 0.1) is 0 Å². The van der Waals surface area contributed by atoms with E-state index >= 15 is 0 Å². The van der Waals surface area contributed by atoms with Gasteiger partial charge in [0.25, 0.3) is 0 Å². The number of rotatable bonds is 14. The molecule has 0 saturated carbocycles. The lowest BCUT2D eigenvalue weighted by Crippen LogP contribution is -2.00. The first-order valence-corrected chi connectivity index (χ1v) is 9.68. The summed E-state index contributed by atoms with van der Waals surface area (Å²) in [5, 5.41) is 9.87. The van der Waals surface area contributed by atoms with E-state index in [4.69, 9.17) is 4.74 Å². The Morgan fingerprint density at radius 3 is 2.04 bits per heavy atom. The molecule has 1 rings (SSSR count). The Hall–Kier alpha value is -1.51. The third-order valence-electron chi connectivity index (χ3n) is 4.36. The van der Waals surface area contributed by atoms with E-state index in [1.165, 1.54) is 57.8 Å². The van der Waals surface area contributed by atoms with Gasteiger partial charge >= 0.3 is 0 Å². The van der Waals surface area contributed by atoms with Crippen LogP contribution in [-0.4, -0.2) is 17.5 Å². The molecule has 0 fully saturated rings. The van der Waals surface area contributed by atoms with Gasteiger partial charge in [-0.15, -0.1) is 0 Å². The van der Waals surface area contributed by atoms with Crippen molar-refractivity contribution in [3.8, 4) is 11.5 Å². The minimum Gasteiger partial charge on any atom is -0.507 e. The summed E-state index contributed by atoms with van der Waals surface area (Å²) in [5.74, 6) is 0.604. The third kappa shape index (κ3) is 8.37. The van der Waals surface area contributed by atoms with Crippen molar-refractivity contribution in [1.82, 2.24) is 0 Å². The van der Waals surface area contributed by atoms with Crippen molar-refractivity contribution >= 4 is 5.78 Å². The van der Waals surface area contributed by atoms with Crippen LogP contribution in [0.15, 0.2) is 18.2 Å². The largest absolute Gasteiger partial charge is 0.507 e. The molecular formula is C21H34O3. The molecule has 0 atom stereocenters. The number of Topliss-reactive ketones (excluding diaryl/α,β-unsaturated/α-hetero) is 1. The molecule has 0 spiro atoms. The molecule has 1 aromatic rings. The van der Waals surface area contributed by atoms with Crippen molar-refractivity contribution in [3.05, 3.63) is 23.8 Å². The van der Waals surface area contributed by atoms with Crippen molar-refractivity contribution in [2.75, 3.05) is 6.61 Å². The number of hydrogen-bond acceptors (Lipinski definition) is 3. The van der Waals surface area contributed by atoms with Crippen LogP contribution >= 0.6 is 0 Å². The average Bonchev–Trinajstić information content (AvgIpc) is 2.59. The van der Waals surface area contributed by atoms with Gasteiger partial charge in [-0.2, -0.15) is 0 Å². The van der Waals surface area contributed by atoms with Gasteiger partial charge in [0.2, 0.25) is 0 Å². The van der Waals surface area contributed by atoms with E-state index in [2.05, 4.69) is 6.92 Å². The molecule has 136 valence electrons. The molecular weight excluding hydrogens is 300 g/mol. The number of unbranched alkanes of at least 4 members (excludes halogenated alkanes) is 9. The summed E-state index contributed by atoms with van der Waals surface area (Å²) in [5.41, 5.74) is 0.379. The molecule has 0 heterocycles. The summed E-state index contributed by atoms with van der Waals surface area (Å²) in [7, 11) is 0. The number of hydrogen-bond donors (Lipinski definition) is 1. The van der Waals surface area contributed by atoms with Gasteiger partial charge in [-0.05, 0) is 18.6 Å². The topological polar surface area (TPSA) is 46.5 Å². The van der Waals surface area contributed by atoms with E-state index in [-0.39, 0.29) is 11.5 Å². The number of phenols is 1. The lowest BCUT2D eigenvalue weighted by molar-refractivity contribution is 0.0985. The smallest absolute Gasteiger partial charge is 0.166 e. The molecule has 1 aromatic carbocycles. The number of phenolic OH excluding ortho intramolecular Hbond substituents is 1. The van der Waals surface area contributed by atoms with E-state index in [0.29, 0.717) is 24.3 Å². The summed E-state index contributed by atoms with van der Waals surface area (Å²) < 4.78 is 5.66. The van der Waals surface area contributed by atoms with Gasteiger partial charge in [0, 0.05) is 12.5 Å². The predicted molar refractivity (Wildman–Crippen MR) is 100 cm³/mol. The van der Waals surface area contributed by atoms with Crippen molar-refractivity contribution in [2.45, 2.75) is 84.5 Å². The average molecular weight is 335 g/mol. The van der Waals surface area contributed by atoms with E-state index in [1.807, 2.05) is 0 Å². The van der Waals surface area contributed by atoms with Gasteiger partial charge in [-0.1, -0.05) is 71.6 Å². The molecule has 0 aliphatic carbocycles. The number of carbonyl (C=O) groups is 1. The molecule has 0 aliphatic rings. The van der Waals surface area contributed by atoms with E-state index in [1.54, 1.807) is 25.1 Å². The molecule has 3 nitrogen and oxygen atoms in total. The Morgan fingerprint density at radius 2 is 1.50 bits per heavy atom. The Bertz CT molecular complexity index is 468. The van der Waals surface area contributed by atoms with Crippen molar-refractivity contribution < 1.29 is 14.6 Å². The van der Waals surface area contributed by atoms with Crippen LogP contribution in [0.5, 0.6) is 11.5 Å². The molecule has 0 aliphatic heterocycles. The fourth-order valence-corrected chi connectivity index (χ4v) is 2.81. The summed E-state index contributed by atoms with van der Waals surface area (Å²) in [6.07, 6.45) is 13.4. The summed E-state index contributed by atoms with van der Waals surface area (Å²) in [6, 6.07) is 4.95. The van der Waals surface area contributed by atoms with Gasteiger partial charge in [-0.25, -0.2) is 0 Å². The molecule has 0 bridgehead atoms. The van der Waals surface area contributed by atoms with Gasteiger partial charge < -0.3 is 9.84 Å². The highest BCUT2D eigenvalue weighted by Gasteiger charge is 2.09. The van der Waals surface area contributed by atoms with Crippen LogP contribution in [0.2, 0.25) is 0 Å². The second-order valence-corrected chi connectivity index (χ2v) is 6.49. The highest BCUT2D eigenvalue weighted by atomic mass is 16.5. The number of ketones is 1. The zero-order chi connectivity index (χ0) is 17.6. The summed E-state index contributed by atoms with van der Waals surface area (Å²) in [4.78, 5) is 11.6. The highest BCUT2D eigenvalue weighted by molar-refractivity contribution is 5.98. The van der Waals surface area contributed by atoms with Crippen LogP contribution in [-0.2, 0) is 0 Å². The van der Waals surface area contributed by atoms with Gasteiger partial charge in [-0.3, -0.25) is 4.79 Å². The van der Waals surface area contributed by atoms with Gasteiger partial charge in [0.1, 0.15) is 11.5 Å². The van der Waals surface area contributed by atoms with E-state index < -0.39 is 0 Å². The molecule has 0 unspecified atom stereocenters. The number of carbonyl (C=O) groups excluding carboxylic acids is 1. The Morgan fingerprint density at radius 1 is 0.917 bits per heavy atom. The van der Waals surface area contributed by atoms with Crippen LogP contribution in [0.1, 0.15) is 94.8 Å². The molecule has 0 aromatic heterocycles. The molecule has 3 heteroatoms. The third-order valence-corrected chi connectivity index (χ3v) is 4.36. The minimum atomic E-state index is -0.0475. The molecule has 24 heavy (non-hydrogen) atoms. The lowest BCUT2D eigenvalue weighted by atomic mass is 10.1. The fourth-order valence-electron chi connectivity index (χ4n) is 2.81. The van der Waals surface area contributed by atoms with Gasteiger partial charge in [0.15, 0.2) is 5.78 Å². The highest BCUT2D eigenvalue weighted by Crippen LogP contribution is 2.25. The Balaban J connectivity index is 2.07. The van der Waals surface area contributed by atoms with Crippen molar-refractivity contribution in [2.24, 2.45) is 0 Å². The van der Waals surface area contributed by atoms with Crippen molar-refractivity contribution in [3.63, 3.8) is 0 Å². The van der Waals surface area contributed by atoms with Crippen LogP contribution in [0.3, 0.4) is 0 Å². The SMILES string of the molecule is CCCCCCCCCCCCOc1ccc(C(=O)CC)c(O)c1. The van der Waals surface area contributed by atoms with Crippen LogP contribution in [0.25, 0.3) is 0 Å². The molecule has 0 radical (unpaired) electrons. The Labute approximate surface area is 147 Å². The van der Waals surface area contributed by atoms with Crippen LogP contribution < -0.4 is 4.74 Å². The quantitative estimate of drug-likeness (QED) is 0.321. The number of benzene rings is 1. The predicted octanol–water partition coefficient (Wildman–Crippen LogP) is 6.28. The standard InChI is InChI=1S/C21H34O3/c1-3-5-6-7-8-9-10-11-12-13-16-24-18-14-15-19(20(22)4-2)21(23)17-18/h14-15,17,23H,3-13,16H2,1-2H3. The van der Waals surface area contributed by atoms with E-state index in [9.17, 15) is 9.90 Å². The first kappa shape index (κ1) is 20.5. The molecule has 1 N–H and O–H groups in total. The summed E-state index contributed by atoms with van der Waals surface area (Å²) in [6.45, 7) is 4.71. The monoisotopic (exact) mass is 334 g/mol. The maximum Gasteiger partial charge on any atom is 0.166 e. The molecule has 0 amide bonds. The van der Waals surface area contributed by atoms with Crippen molar-refractivity contribution in [1.29, 1.82) is 0 Å². The maximum absolute atomic E-state index is 11.6. The second kappa shape index (κ2) is 12.9. The first-order valence-electron chi connectivity index (χ1n) is 9.68. The summed E-state index contributed by atoms with van der Waals surface area (Å²) >= 11 is 0. The fraction of sp³-hybridized carbons (Fsp3) is 0.667. The van der Waals surface area contributed by atoms with E-state index in [0.717, 1.165) is 6.42 Å². The Kier molecular flexibility index (Phi) is 11.0. The zero-order valence-corrected chi connectivity index (χ0v) is 15.5. The maximum atomic E-state index is 11.6. The number of aromatic hydroxyl groups is 1. The zero-order valence-electron chi connectivity index (χ0n) is 15.5. The van der Waals surface area contributed by atoms with Gasteiger partial charge in [0.05, 0.1) is 12.2 Å². The number of ether oxygens (including phenoxy) is 1. The first-order chi connectivity index (χ1) is 11.7. The van der Waals surface area contributed by atoms with Crippen LogP contribution in [0.4, 0.5) is 0 Å². The molecule has 0 saturated heterocycles. The normalized spacial score (nSPS) is 10.8.